The van der Waals surface area contributed by atoms with Crippen molar-refractivity contribution >= 4 is 27.3 Å². The molecule has 0 aliphatic carbocycles. The predicted octanol–water partition coefficient (Wildman–Crippen LogP) is 2.18. The fourth-order valence-electron chi connectivity index (χ4n) is 0.896. The number of nitrogens with one attached hydrogen (secondary N) is 1. The normalized spacial score (nSPS) is 11.2. The highest BCUT2D eigenvalue weighted by Crippen LogP contribution is 2.22. The molecule has 0 fully saturated rings. The van der Waals surface area contributed by atoms with Gasteiger partial charge in [-0.25, -0.2) is 8.42 Å². The summed E-state index contributed by atoms with van der Waals surface area (Å²) in [6, 6.07) is 5.31. The van der Waals surface area contributed by atoms with Crippen molar-refractivity contribution < 1.29 is 17.2 Å². The number of hydrogen-bond acceptors (Lipinski definition) is 3. The summed E-state index contributed by atoms with van der Waals surface area (Å²) in [4.78, 5) is 0. The maximum atomic E-state index is 12.1. The molecule has 86 valence electrons. The average Bonchev–Trinajstić information content (AvgIpc) is 2.17. The van der Waals surface area contributed by atoms with E-state index in [2.05, 4.69) is 0 Å². The van der Waals surface area contributed by atoms with Crippen LogP contribution in [0, 0.1) is 11.3 Å². The minimum Gasteiger partial charge on any atom is -0.277 e. The third-order valence-corrected chi connectivity index (χ3v) is 2.80. The molecule has 1 aromatic carbocycles. The van der Waals surface area contributed by atoms with Gasteiger partial charge in [0.05, 0.1) is 11.3 Å². The molecular formula is C8H5ClF2N2O2S. The molecule has 0 saturated heterocycles. The Hall–Kier alpha value is -1.39. The lowest BCUT2D eigenvalue weighted by molar-refractivity contribution is 0.236. The number of alkyl halides is 2. The number of nitrogens with zero attached hydrogens (tertiary/aromatic N) is 1. The van der Waals surface area contributed by atoms with Gasteiger partial charge in [0.15, 0.2) is 0 Å². The van der Waals surface area contributed by atoms with Crippen molar-refractivity contribution in [2.45, 2.75) is 5.76 Å². The van der Waals surface area contributed by atoms with Crippen LogP contribution in [0.4, 0.5) is 14.5 Å². The molecule has 0 radical (unpaired) electrons. The number of anilines is 1. The van der Waals surface area contributed by atoms with Crippen molar-refractivity contribution in [2.75, 3.05) is 4.72 Å². The molecule has 1 N–H and O–H groups in total. The van der Waals surface area contributed by atoms with Crippen LogP contribution in [-0.4, -0.2) is 14.2 Å². The zero-order valence-electron chi connectivity index (χ0n) is 7.62. The summed E-state index contributed by atoms with van der Waals surface area (Å²) in [6.07, 6.45) is 0. The van der Waals surface area contributed by atoms with Gasteiger partial charge in [0.25, 0.3) is 10.0 Å². The summed E-state index contributed by atoms with van der Waals surface area (Å²) in [5.41, 5.74) is -0.357. The van der Waals surface area contributed by atoms with E-state index in [4.69, 9.17) is 16.9 Å². The first-order chi connectivity index (χ1) is 7.36. The molecule has 0 heterocycles. The van der Waals surface area contributed by atoms with Gasteiger partial charge in [0, 0.05) is 5.02 Å². The Bertz CT molecular complexity index is 539. The first-order valence-corrected chi connectivity index (χ1v) is 5.78. The van der Waals surface area contributed by atoms with Crippen LogP contribution in [0.25, 0.3) is 0 Å². The zero-order chi connectivity index (χ0) is 12.3. The molecule has 0 aliphatic heterocycles. The Morgan fingerprint density at radius 2 is 2.06 bits per heavy atom. The van der Waals surface area contributed by atoms with Crippen LogP contribution in [-0.2, 0) is 10.0 Å². The van der Waals surface area contributed by atoms with Gasteiger partial charge in [-0.05, 0) is 18.2 Å². The molecule has 1 rings (SSSR count). The largest absolute Gasteiger partial charge is 0.355 e. The highest BCUT2D eigenvalue weighted by Gasteiger charge is 2.24. The Morgan fingerprint density at radius 1 is 1.44 bits per heavy atom. The molecule has 16 heavy (non-hydrogen) atoms. The molecule has 0 saturated carbocycles. The average molecular weight is 267 g/mol. The molecule has 0 aromatic heterocycles. The van der Waals surface area contributed by atoms with Crippen molar-refractivity contribution in [3.8, 4) is 6.07 Å². The van der Waals surface area contributed by atoms with E-state index in [9.17, 15) is 17.2 Å². The molecule has 0 unspecified atom stereocenters. The van der Waals surface area contributed by atoms with Gasteiger partial charge in [-0.3, -0.25) is 4.72 Å². The summed E-state index contributed by atoms with van der Waals surface area (Å²) in [6.45, 7) is 0. The fourth-order valence-corrected chi connectivity index (χ4v) is 1.63. The van der Waals surface area contributed by atoms with Crippen molar-refractivity contribution in [2.24, 2.45) is 0 Å². The van der Waals surface area contributed by atoms with Crippen molar-refractivity contribution in [1.82, 2.24) is 0 Å². The lowest BCUT2D eigenvalue weighted by Gasteiger charge is -2.08. The van der Waals surface area contributed by atoms with Crippen molar-refractivity contribution in [3.63, 3.8) is 0 Å². The maximum Gasteiger partial charge on any atom is 0.355 e. The van der Waals surface area contributed by atoms with Crippen LogP contribution in [0.5, 0.6) is 0 Å². The van der Waals surface area contributed by atoms with Gasteiger partial charge >= 0.3 is 5.76 Å². The van der Waals surface area contributed by atoms with Crippen LogP contribution in [0.1, 0.15) is 5.56 Å². The second kappa shape index (κ2) is 4.63. The summed E-state index contributed by atoms with van der Waals surface area (Å²) >= 11 is 5.55. The molecule has 0 amide bonds. The molecular weight excluding hydrogens is 262 g/mol. The lowest BCUT2D eigenvalue weighted by Crippen LogP contribution is -2.21. The first kappa shape index (κ1) is 12.7. The van der Waals surface area contributed by atoms with E-state index in [1.807, 2.05) is 0 Å². The summed E-state index contributed by atoms with van der Waals surface area (Å²) in [5.74, 6) is -3.57. The Morgan fingerprint density at radius 3 is 2.56 bits per heavy atom. The molecule has 0 spiro atoms. The monoisotopic (exact) mass is 266 g/mol. The number of halogens is 3. The third-order valence-electron chi connectivity index (χ3n) is 1.59. The van der Waals surface area contributed by atoms with Crippen LogP contribution in [0.2, 0.25) is 5.02 Å². The number of benzene rings is 1. The highest BCUT2D eigenvalue weighted by molar-refractivity contribution is 7.93. The Balaban J connectivity index is 3.16. The summed E-state index contributed by atoms with van der Waals surface area (Å²) in [7, 11) is -4.79. The maximum absolute atomic E-state index is 12.1. The van der Waals surface area contributed by atoms with Crippen LogP contribution in [0.3, 0.4) is 0 Å². The number of nitriles is 1. The smallest absolute Gasteiger partial charge is 0.277 e. The second-order valence-electron chi connectivity index (χ2n) is 2.71. The Kier molecular flexibility index (Phi) is 3.67. The van der Waals surface area contributed by atoms with E-state index in [1.165, 1.54) is 12.1 Å². The van der Waals surface area contributed by atoms with Crippen LogP contribution >= 0.6 is 11.6 Å². The first-order valence-electron chi connectivity index (χ1n) is 3.86. The van der Waals surface area contributed by atoms with Crippen LogP contribution in [0.15, 0.2) is 18.2 Å². The van der Waals surface area contributed by atoms with E-state index in [0.29, 0.717) is 0 Å². The fraction of sp³-hybridized carbons (Fsp3) is 0.125. The molecule has 1 aromatic rings. The number of sulfonamides is 1. The van der Waals surface area contributed by atoms with E-state index >= 15 is 0 Å². The quantitative estimate of drug-likeness (QED) is 0.911. The highest BCUT2D eigenvalue weighted by atomic mass is 35.5. The van der Waals surface area contributed by atoms with E-state index < -0.39 is 15.8 Å². The third kappa shape index (κ3) is 2.81. The topological polar surface area (TPSA) is 70.0 Å². The molecule has 8 heteroatoms. The number of hydrogen-bond donors (Lipinski definition) is 1. The minimum atomic E-state index is -4.79. The predicted molar refractivity (Wildman–Crippen MR) is 54.7 cm³/mol. The van der Waals surface area contributed by atoms with Gasteiger partial charge in [-0.2, -0.15) is 14.0 Å². The SMILES string of the molecule is N#Cc1ccc(Cl)cc1NS(=O)(=O)C(F)F. The van der Waals surface area contributed by atoms with E-state index in [0.717, 1.165) is 6.07 Å². The van der Waals surface area contributed by atoms with Gasteiger partial charge in [0.1, 0.15) is 6.07 Å². The Labute approximate surface area is 95.5 Å². The lowest BCUT2D eigenvalue weighted by atomic mass is 10.2. The molecule has 0 aliphatic rings. The molecule has 4 nitrogen and oxygen atoms in total. The van der Waals surface area contributed by atoms with Gasteiger partial charge < -0.3 is 0 Å². The van der Waals surface area contributed by atoms with Gasteiger partial charge in [0.2, 0.25) is 0 Å². The van der Waals surface area contributed by atoms with E-state index in [-0.39, 0.29) is 16.3 Å². The summed E-state index contributed by atoms with van der Waals surface area (Å²) in [5, 5.41) is 8.76. The van der Waals surface area contributed by atoms with E-state index in [1.54, 1.807) is 10.8 Å². The zero-order valence-corrected chi connectivity index (χ0v) is 9.19. The van der Waals surface area contributed by atoms with Gasteiger partial charge in [-0.15, -0.1) is 0 Å². The van der Waals surface area contributed by atoms with Crippen molar-refractivity contribution in [1.29, 1.82) is 5.26 Å². The minimum absolute atomic E-state index is 0.0892. The molecule has 0 atom stereocenters. The number of rotatable bonds is 3. The summed E-state index contributed by atoms with van der Waals surface area (Å²) < 4.78 is 47.5. The second-order valence-corrected chi connectivity index (χ2v) is 4.80. The standard InChI is InChI=1S/C8H5ClF2N2O2S/c9-6-2-1-5(4-12)7(3-6)13-16(14,15)8(10)11/h1-3,8,13H. The molecule has 0 bridgehead atoms. The van der Waals surface area contributed by atoms with Crippen LogP contribution < -0.4 is 4.72 Å². The van der Waals surface area contributed by atoms with Crippen molar-refractivity contribution in [3.05, 3.63) is 28.8 Å². The van der Waals surface area contributed by atoms with Gasteiger partial charge in [-0.1, -0.05) is 11.6 Å².